The third kappa shape index (κ3) is 4.02. The van der Waals surface area contributed by atoms with E-state index in [1.54, 1.807) is 12.1 Å². The average Bonchev–Trinajstić information content (AvgIpc) is 3.22. The highest BCUT2D eigenvalue weighted by Crippen LogP contribution is 2.37. The van der Waals surface area contributed by atoms with Gasteiger partial charge in [-0.2, -0.15) is 0 Å². The summed E-state index contributed by atoms with van der Waals surface area (Å²) >= 11 is 0. The molecule has 1 aromatic carbocycles. The SMILES string of the molecule is CC1(CO)CCCC1NC(=O)c1ccc(COc2ccc(F)cc2)o1. The van der Waals surface area contributed by atoms with E-state index < -0.39 is 0 Å². The van der Waals surface area contributed by atoms with E-state index in [0.29, 0.717) is 11.5 Å². The first kappa shape index (κ1) is 17.5. The number of ether oxygens (including phenoxy) is 1. The van der Waals surface area contributed by atoms with Gasteiger partial charge in [-0.15, -0.1) is 0 Å². The monoisotopic (exact) mass is 347 g/mol. The molecule has 25 heavy (non-hydrogen) atoms. The first-order valence-electron chi connectivity index (χ1n) is 8.39. The number of amides is 1. The largest absolute Gasteiger partial charge is 0.486 e. The van der Waals surface area contributed by atoms with Crippen LogP contribution < -0.4 is 10.1 Å². The molecule has 2 N–H and O–H groups in total. The predicted octanol–water partition coefficient (Wildman–Crippen LogP) is 3.28. The van der Waals surface area contributed by atoms with Gasteiger partial charge in [-0.1, -0.05) is 13.3 Å². The fourth-order valence-corrected chi connectivity index (χ4v) is 3.16. The Morgan fingerprint density at radius 3 is 2.84 bits per heavy atom. The molecule has 3 rings (SSSR count). The first-order chi connectivity index (χ1) is 12.0. The number of hydrogen-bond acceptors (Lipinski definition) is 4. The van der Waals surface area contributed by atoms with Crippen LogP contribution in [0.5, 0.6) is 5.75 Å². The van der Waals surface area contributed by atoms with Gasteiger partial charge in [-0.3, -0.25) is 4.79 Å². The molecule has 0 bridgehead atoms. The van der Waals surface area contributed by atoms with Crippen LogP contribution in [0.2, 0.25) is 0 Å². The van der Waals surface area contributed by atoms with Crippen molar-refractivity contribution < 1.29 is 23.4 Å². The molecule has 2 atom stereocenters. The lowest BCUT2D eigenvalue weighted by Crippen LogP contribution is -2.44. The van der Waals surface area contributed by atoms with Gasteiger partial charge in [0, 0.05) is 11.5 Å². The van der Waals surface area contributed by atoms with Crippen molar-refractivity contribution in [3.05, 3.63) is 53.7 Å². The number of carbonyl (C=O) groups excluding carboxylic acids is 1. The zero-order valence-corrected chi connectivity index (χ0v) is 14.1. The number of halogens is 1. The molecular formula is C19H22FNO4. The molecule has 2 aromatic rings. The van der Waals surface area contributed by atoms with E-state index in [1.807, 2.05) is 6.92 Å². The van der Waals surface area contributed by atoms with Crippen LogP contribution in [0.3, 0.4) is 0 Å². The molecule has 1 aromatic heterocycles. The molecule has 0 aliphatic heterocycles. The molecule has 0 saturated heterocycles. The number of furan rings is 1. The molecule has 6 heteroatoms. The van der Waals surface area contributed by atoms with Crippen LogP contribution in [-0.2, 0) is 6.61 Å². The molecule has 1 amide bonds. The second-order valence-electron chi connectivity index (χ2n) is 6.74. The predicted molar refractivity (Wildman–Crippen MR) is 89.7 cm³/mol. The fourth-order valence-electron chi connectivity index (χ4n) is 3.16. The van der Waals surface area contributed by atoms with Gasteiger partial charge in [0.25, 0.3) is 5.91 Å². The zero-order chi connectivity index (χ0) is 17.9. The highest BCUT2D eigenvalue weighted by atomic mass is 19.1. The Morgan fingerprint density at radius 2 is 2.12 bits per heavy atom. The second-order valence-corrected chi connectivity index (χ2v) is 6.74. The van der Waals surface area contributed by atoms with E-state index in [2.05, 4.69) is 5.32 Å². The van der Waals surface area contributed by atoms with Crippen LogP contribution in [0.1, 0.15) is 42.5 Å². The highest BCUT2D eigenvalue weighted by Gasteiger charge is 2.39. The van der Waals surface area contributed by atoms with Gasteiger partial charge in [0.15, 0.2) is 5.76 Å². The van der Waals surface area contributed by atoms with Gasteiger partial charge < -0.3 is 19.6 Å². The Morgan fingerprint density at radius 1 is 1.36 bits per heavy atom. The van der Waals surface area contributed by atoms with E-state index in [9.17, 15) is 14.3 Å². The minimum Gasteiger partial charge on any atom is -0.486 e. The minimum atomic E-state index is -0.328. The van der Waals surface area contributed by atoms with Crippen molar-refractivity contribution in [1.82, 2.24) is 5.32 Å². The fraction of sp³-hybridized carbons (Fsp3) is 0.421. The third-order valence-corrected chi connectivity index (χ3v) is 4.83. The molecule has 0 spiro atoms. The molecule has 1 aliphatic rings. The van der Waals surface area contributed by atoms with Crippen LogP contribution in [0.4, 0.5) is 4.39 Å². The van der Waals surface area contributed by atoms with Crippen molar-refractivity contribution in [3.63, 3.8) is 0 Å². The summed E-state index contributed by atoms with van der Waals surface area (Å²) in [6, 6.07) is 8.91. The molecule has 1 aliphatic carbocycles. The smallest absolute Gasteiger partial charge is 0.287 e. The lowest BCUT2D eigenvalue weighted by Gasteiger charge is -2.29. The maximum Gasteiger partial charge on any atom is 0.287 e. The molecule has 2 unspecified atom stereocenters. The van der Waals surface area contributed by atoms with Gasteiger partial charge in [0.1, 0.15) is 23.9 Å². The number of carbonyl (C=O) groups is 1. The Bertz CT molecular complexity index is 727. The second kappa shape index (κ2) is 7.27. The number of rotatable bonds is 6. The molecule has 0 radical (unpaired) electrons. The van der Waals surface area contributed by atoms with Gasteiger partial charge in [-0.05, 0) is 49.2 Å². The van der Waals surface area contributed by atoms with Crippen LogP contribution in [0, 0.1) is 11.2 Å². The Hall–Kier alpha value is -2.34. The normalized spacial score (nSPS) is 22.8. The van der Waals surface area contributed by atoms with E-state index in [0.717, 1.165) is 19.3 Å². The van der Waals surface area contributed by atoms with Gasteiger partial charge >= 0.3 is 0 Å². The van der Waals surface area contributed by atoms with Crippen molar-refractivity contribution in [2.45, 2.75) is 38.8 Å². The van der Waals surface area contributed by atoms with Crippen LogP contribution in [-0.4, -0.2) is 23.7 Å². The zero-order valence-electron chi connectivity index (χ0n) is 14.1. The van der Waals surface area contributed by atoms with Crippen LogP contribution in [0.25, 0.3) is 0 Å². The number of aliphatic hydroxyl groups excluding tert-OH is 1. The van der Waals surface area contributed by atoms with E-state index in [4.69, 9.17) is 9.15 Å². The summed E-state index contributed by atoms with van der Waals surface area (Å²) < 4.78 is 23.9. The van der Waals surface area contributed by atoms with Gasteiger partial charge in [-0.25, -0.2) is 4.39 Å². The summed E-state index contributed by atoms with van der Waals surface area (Å²) in [5, 5.41) is 12.5. The van der Waals surface area contributed by atoms with Crippen LogP contribution >= 0.6 is 0 Å². The van der Waals surface area contributed by atoms with E-state index >= 15 is 0 Å². The van der Waals surface area contributed by atoms with E-state index in [1.165, 1.54) is 24.3 Å². The first-order valence-corrected chi connectivity index (χ1v) is 8.39. The van der Waals surface area contributed by atoms with Crippen molar-refractivity contribution in [2.75, 3.05) is 6.61 Å². The summed E-state index contributed by atoms with van der Waals surface area (Å²) in [4.78, 5) is 12.4. The Kier molecular flexibility index (Phi) is 5.08. The summed E-state index contributed by atoms with van der Waals surface area (Å²) in [7, 11) is 0. The lowest BCUT2D eigenvalue weighted by molar-refractivity contribution is 0.0802. The lowest BCUT2D eigenvalue weighted by atomic mass is 9.86. The summed E-state index contributed by atoms with van der Waals surface area (Å²) in [5.41, 5.74) is -0.281. The van der Waals surface area contributed by atoms with Crippen LogP contribution in [0.15, 0.2) is 40.8 Å². The van der Waals surface area contributed by atoms with Crippen molar-refractivity contribution in [3.8, 4) is 5.75 Å². The maximum atomic E-state index is 12.9. The molecule has 134 valence electrons. The maximum absolute atomic E-state index is 12.9. The standard InChI is InChI=1S/C19H22FNO4/c1-19(12-22)10-2-3-17(19)21-18(23)16-9-8-15(25-16)11-24-14-6-4-13(20)5-7-14/h4-9,17,22H,2-3,10-12H2,1H3,(H,21,23). The number of hydrogen-bond donors (Lipinski definition) is 2. The minimum absolute atomic E-state index is 0.0485. The number of nitrogens with one attached hydrogen (secondary N) is 1. The highest BCUT2D eigenvalue weighted by molar-refractivity contribution is 5.91. The molecule has 1 saturated carbocycles. The molecular weight excluding hydrogens is 325 g/mol. The molecule has 5 nitrogen and oxygen atoms in total. The summed E-state index contributed by atoms with van der Waals surface area (Å²) in [6.45, 7) is 2.18. The Labute approximate surface area is 145 Å². The average molecular weight is 347 g/mol. The number of aliphatic hydroxyl groups is 1. The Balaban J connectivity index is 1.57. The summed E-state index contributed by atoms with van der Waals surface area (Å²) in [6.07, 6.45) is 2.73. The van der Waals surface area contributed by atoms with E-state index in [-0.39, 0.29) is 42.2 Å². The van der Waals surface area contributed by atoms with Crippen molar-refractivity contribution in [2.24, 2.45) is 5.41 Å². The third-order valence-electron chi connectivity index (χ3n) is 4.83. The van der Waals surface area contributed by atoms with Crippen molar-refractivity contribution >= 4 is 5.91 Å². The van der Waals surface area contributed by atoms with Gasteiger partial charge in [0.05, 0.1) is 6.61 Å². The topological polar surface area (TPSA) is 71.7 Å². The molecule has 1 heterocycles. The quantitative estimate of drug-likeness (QED) is 0.841. The summed E-state index contributed by atoms with van der Waals surface area (Å²) in [5.74, 6) is 0.620. The molecule has 1 fully saturated rings. The van der Waals surface area contributed by atoms with Gasteiger partial charge in [0.2, 0.25) is 0 Å². The van der Waals surface area contributed by atoms with Crippen molar-refractivity contribution in [1.29, 1.82) is 0 Å². The number of benzene rings is 1.